The molecule has 1 amide bonds. The summed E-state index contributed by atoms with van der Waals surface area (Å²) in [6.07, 6.45) is 4.28. The third kappa shape index (κ3) is 5.45. The number of methoxy groups -OCH3 is 1. The van der Waals surface area contributed by atoms with Crippen molar-refractivity contribution in [2.45, 2.75) is 18.9 Å². The van der Waals surface area contributed by atoms with E-state index in [9.17, 15) is 4.79 Å². The van der Waals surface area contributed by atoms with Crippen LogP contribution in [0.25, 0.3) is 16.7 Å². The van der Waals surface area contributed by atoms with E-state index in [1.54, 1.807) is 26.3 Å². The lowest BCUT2D eigenvalue weighted by Gasteiger charge is -2.42. The third-order valence-corrected chi connectivity index (χ3v) is 8.51. The summed E-state index contributed by atoms with van der Waals surface area (Å²) in [4.78, 5) is 29.1. The molecule has 0 radical (unpaired) electrons. The van der Waals surface area contributed by atoms with Crippen molar-refractivity contribution in [3.05, 3.63) is 60.3 Å². The number of nitrogens with zero attached hydrogens (tertiary/aromatic N) is 6. The first-order chi connectivity index (χ1) is 20.4. The van der Waals surface area contributed by atoms with E-state index in [-0.39, 0.29) is 5.91 Å². The summed E-state index contributed by atoms with van der Waals surface area (Å²) in [5, 5.41) is 5.81. The third-order valence-electron chi connectivity index (χ3n) is 8.51. The minimum atomic E-state index is -0.201. The normalized spacial score (nSPS) is 17.0. The van der Waals surface area contributed by atoms with E-state index in [0.29, 0.717) is 40.1 Å². The van der Waals surface area contributed by atoms with Crippen LogP contribution in [-0.2, 0) is 0 Å². The number of hydrogen-bond acceptors (Lipinski definition) is 9. The Bertz CT molecular complexity index is 1570. The second-order valence-electron chi connectivity index (χ2n) is 11.0. The number of carbonyl (C=O) groups is 1. The van der Waals surface area contributed by atoms with Crippen LogP contribution in [-0.4, -0.2) is 96.8 Å². The van der Waals surface area contributed by atoms with Crippen LogP contribution < -0.4 is 26.0 Å². The fourth-order valence-electron chi connectivity index (χ4n) is 6.11. The number of piperazine rings is 1. The largest absolute Gasteiger partial charge is 0.494 e. The quantitative estimate of drug-likeness (QED) is 0.308. The van der Waals surface area contributed by atoms with Crippen molar-refractivity contribution in [1.29, 1.82) is 0 Å². The summed E-state index contributed by atoms with van der Waals surface area (Å²) in [5.41, 5.74) is 11.0. The van der Waals surface area contributed by atoms with Crippen LogP contribution in [0.2, 0.25) is 0 Å². The molecule has 4 heterocycles. The average molecular weight is 570 g/mol. The number of para-hydroxylation sites is 1. The van der Waals surface area contributed by atoms with Crippen LogP contribution >= 0.6 is 0 Å². The molecule has 2 aromatic heterocycles. The fraction of sp³-hybridized carbons (Fsp3) is 0.387. The second kappa shape index (κ2) is 11.9. The first-order valence-electron chi connectivity index (χ1n) is 14.5. The predicted molar refractivity (Wildman–Crippen MR) is 167 cm³/mol. The topological polar surface area (TPSA) is 117 Å². The highest BCUT2D eigenvalue weighted by Crippen LogP contribution is 2.34. The van der Waals surface area contributed by atoms with Crippen LogP contribution in [0, 0.1) is 0 Å². The molecular formula is C31H39N9O2. The molecule has 42 heavy (non-hydrogen) atoms. The van der Waals surface area contributed by atoms with Gasteiger partial charge in [-0.3, -0.25) is 9.69 Å². The minimum Gasteiger partial charge on any atom is -0.494 e. The number of piperidine rings is 1. The Morgan fingerprint density at radius 3 is 2.50 bits per heavy atom. The molecule has 2 saturated heterocycles. The van der Waals surface area contributed by atoms with E-state index in [0.717, 1.165) is 43.3 Å². The first kappa shape index (κ1) is 27.8. The Hall–Kier alpha value is -4.35. The van der Waals surface area contributed by atoms with Gasteiger partial charge in [0.25, 0.3) is 5.91 Å². The maximum absolute atomic E-state index is 12.3. The Morgan fingerprint density at radius 2 is 1.76 bits per heavy atom. The first-order valence-corrected chi connectivity index (χ1v) is 14.5. The van der Waals surface area contributed by atoms with E-state index >= 15 is 0 Å². The number of benzene rings is 2. The van der Waals surface area contributed by atoms with Crippen LogP contribution in [0.3, 0.4) is 0 Å². The predicted octanol–water partition coefficient (Wildman–Crippen LogP) is 3.33. The van der Waals surface area contributed by atoms with Crippen molar-refractivity contribution in [2.24, 2.45) is 0 Å². The van der Waals surface area contributed by atoms with Gasteiger partial charge in [0.15, 0.2) is 5.82 Å². The van der Waals surface area contributed by atoms with Gasteiger partial charge < -0.3 is 35.5 Å². The Morgan fingerprint density at radius 1 is 1.00 bits per heavy atom. The van der Waals surface area contributed by atoms with Crippen molar-refractivity contribution >= 4 is 40.1 Å². The molecule has 2 aliphatic heterocycles. The molecule has 0 atom stereocenters. The van der Waals surface area contributed by atoms with Crippen molar-refractivity contribution in [2.75, 3.05) is 76.4 Å². The van der Waals surface area contributed by atoms with Gasteiger partial charge in [0.2, 0.25) is 5.95 Å². The van der Waals surface area contributed by atoms with Gasteiger partial charge in [-0.25, -0.2) is 4.98 Å². The smallest absolute Gasteiger partial charge is 0.253 e. The van der Waals surface area contributed by atoms with Crippen molar-refractivity contribution in [1.82, 2.24) is 29.7 Å². The Kier molecular flexibility index (Phi) is 7.86. The molecule has 220 valence electrons. The number of hydrogen-bond donors (Lipinski definition) is 3. The molecule has 11 heteroatoms. The number of aromatic nitrogens is 3. The molecule has 4 N–H and O–H groups in total. The molecule has 0 spiro atoms. The highest BCUT2D eigenvalue weighted by Gasteiger charge is 2.27. The van der Waals surface area contributed by atoms with Gasteiger partial charge in [0.05, 0.1) is 29.6 Å². The van der Waals surface area contributed by atoms with Gasteiger partial charge in [-0.05, 0) is 50.2 Å². The highest BCUT2D eigenvalue weighted by atomic mass is 16.5. The van der Waals surface area contributed by atoms with E-state index in [4.69, 9.17) is 10.5 Å². The van der Waals surface area contributed by atoms with E-state index in [1.165, 1.54) is 25.9 Å². The maximum Gasteiger partial charge on any atom is 0.253 e. The standard InChI is InChI=1S/C31H39N9O2/c1-33-30(41)23-6-4-5-7-24(23)34-31-35-25-12-15-40(28(25)29(32)36-31)26-9-8-22(20-27(26)42-3)38-13-10-21(11-14-38)39-18-16-37(2)17-19-39/h4-9,12,15,20-21H,10-11,13-14,16-19H2,1-3H3,(H,33,41)(H3,32,34,35,36). The number of carbonyl (C=O) groups excluding carboxylic acids is 1. The Labute approximate surface area is 246 Å². The fourth-order valence-corrected chi connectivity index (χ4v) is 6.11. The van der Waals surface area contributed by atoms with Crippen molar-refractivity contribution in [3.63, 3.8) is 0 Å². The number of fused-ring (bicyclic) bond motifs is 1. The van der Waals surface area contributed by atoms with Gasteiger partial charge in [0, 0.05) is 70.3 Å². The molecule has 6 rings (SSSR count). The number of nitrogens with two attached hydrogens (primary N) is 1. The van der Waals surface area contributed by atoms with Gasteiger partial charge in [0.1, 0.15) is 11.3 Å². The van der Waals surface area contributed by atoms with Crippen LogP contribution in [0.15, 0.2) is 54.7 Å². The molecule has 11 nitrogen and oxygen atoms in total. The zero-order valence-electron chi connectivity index (χ0n) is 24.5. The monoisotopic (exact) mass is 569 g/mol. The Balaban J connectivity index is 1.21. The van der Waals surface area contributed by atoms with Crippen molar-refractivity contribution < 1.29 is 9.53 Å². The summed E-state index contributed by atoms with van der Waals surface area (Å²) in [5.74, 6) is 1.19. The number of ether oxygens (including phenoxy) is 1. The van der Waals surface area contributed by atoms with Gasteiger partial charge in [-0.1, -0.05) is 12.1 Å². The lowest BCUT2D eigenvalue weighted by atomic mass is 10.0. The summed E-state index contributed by atoms with van der Waals surface area (Å²) in [7, 11) is 5.50. The second-order valence-corrected chi connectivity index (χ2v) is 11.0. The number of nitrogens with one attached hydrogen (secondary N) is 2. The summed E-state index contributed by atoms with van der Waals surface area (Å²) < 4.78 is 7.84. The van der Waals surface area contributed by atoms with E-state index in [1.807, 2.05) is 29.0 Å². The summed E-state index contributed by atoms with van der Waals surface area (Å²) in [6.45, 7) is 6.72. The number of amides is 1. The molecule has 4 aromatic rings. The summed E-state index contributed by atoms with van der Waals surface area (Å²) in [6, 6.07) is 16.1. The maximum atomic E-state index is 12.3. The van der Waals surface area contributed by atoms with Crippen LogP contribution in [0.1, 0.15) is 23.2 Å². The highest BCUT2D eigenvalue weighted by molar-refractivity contribution is 6.00. The number of likely N-dealkylation sites (N-methyl/N-ethyl adjacent to an activating group) is 1. The number of anilines is 4. The molecule has 2 aromatic carbocycles. The van der Waals surface area contributed by atoms with Crippen molar-refractivity contribution in [3.8, 4) is 11.4 Å². The number of nitrogen functional groups attached to an aromatic ring is 1. The lowest BCUT2D eigenvalue weighted by molar-refractivity contribution is 0.0964. The zero-order chi connectivity index (χ0) is 29.2. The summed E-state index contributed by atoms with van der Waals surface area (Å²) >= 11 is 0. The number of rotatable bonds is 7. The van der Waals surface area contributed by atoms with Gasteiger partial charge in [-0.2, -0.15) is 4.98 Å². The SMILES string of the molecule is CNC(=O)c1ccccc1Nc1nc(N)c2c(ccn2-c2ccc(N3CCC(N4CCN(C)CC4)CC3)cc2OC)n1. The zero-order valence-corrected chi connectivity index (χ0v) is 24.5. The molecule has 0 unspecified atom stereocenters. The van der Waals surface area contributed by atoms with Gasteiger partial charge >= 0.3 is 0 Å². The molecule has 0 bridgehead atoms. The minimum absolute atomic E-state index is 0.201. The molecule has 0 saturated carbocycles. The molecule has 0 aliphatic carbocycles. The molecule has 2 fully saturated rings. The van der Waals surface area contributed by atoms with E-state index < -0.39 is 0 Å². The van der Waals surface area contributed by atoms with Crippen LogP contribution in [0.4, 0.5) is 23.1 Å². The van der Waals surface area contributed by atoms with Crippen LogP contribution in [0.5, 0.6) is 5.75 Å². The average Bonchev–Trinajstić information content (AvgIpc) is 3.45. The molecular weight excluding hydrogens is 530 g/mol. The molecule has 2 aliphatic rings. The lowest BCUT2D eigenvalue weighted by Crippen LogP contribution is -2.52. The van der Waals surface area contributed by atoms with Gasteiger partial charge in [-0.15, -0.1) is 0 Å². The van der Waals surface area contributed by atoms with E-state index in [2.05, 4.69) is 60.5 Å².